The molecule has 0 bridgehead atoms. The molecule has 5 nitrogen and oxygen atoms in total. The second-order valence-corrected chi connectivity index (χ2v) is 4.61. The predicted octanol–water partition coefficient (Wildman–Crippen LogP) is -0.705. The van der Waals surface area contributed by atoms with Crippen LogP contribution in [0, 0.1) is 0 Å². The summed E-state index contributed by atoms with van der Waals surface area (Å²) >= 11 is 0. The Kier molecular flexibility index (Phi) is 5.39. The van der Waals surface area contributed by atoms with Gasteiger partial charge in [0.2, 0.25) is 0 Å². The van der Waals surface area contributed by atoms with Crippen molar-refractivity contribution in [3.63, 3.8) is 0 Å². The number of aliphatic hydroxyl groups is 1. The number of hydrogen-bond donors (Lipinski definition) is 1. The fraction of sp³-hybridized carbons (Fsp3) is 1.00. The van der Waals surface area contributed by atoms with E-state index >= 15 is 0 Å². The highest BCUT2D eigenvalue weighted by atomic mass is 32.2. The van der Waals surface area contributed by atoms with Crippen LogP contribution in [0.1, 0.15) is 13.8 Å². The van der Waals surface area contributed by atoms with Crippen molar-refractivity contribution in [1.82, 2.24) is 5.48 Å². The first-order chi connectivity index (χ1) is 5.54. The molecule has 0 fully saturated rings. The fourth-order valence-corrected chi connectivity index (χ4v) is 1.32. The molecular weight excluding hydrogens is 182 g/mol. The van der Waals surface area contributed by atoms with Gasteiger partial charge in [-0.1, -0.05) is 5.48 Å². The van der Waals surface area contributed by atoms with Gasteiger partial charge in [0.1, 0.15) is 0 Å². The van der Waals surface area contributed by atoms with Crippen molar-refractivity contribution < 1.29 is 18.4 Å². The normalized spacial score (nSPS) is 14.6. The molecule has 6 heteroatoms. The van der Waals surface area contributed by atoms with Crippen molar-refractivity contribution in [1.29, 1.82) is 0 Å². The summed E-state index contributed by atoms with van der Waals surface area (Å²) in [6, 6.07) is 0. The van der Waals surface area contributed by atoms with E-state index in [1.54, 1.807) is 6.92 Å². The zero-order chi connectivity index (χ0) is 9.61. The standard InChI is InChI=1S/C6H14NO4S/c1-3-7-11-6(2)12(9,10)5-4-8/h6,8H,3-5H2,1-2H3. The molecule has 0 aliphatic heterocycles. The molecular formula is C6H14NO4S. The molecule has 12 heavy (non-hydrogen) atoms. The quantitative estimate of drug-likeness (QED) is 0.569. The Morgan fingerprint density at radius 1 is 1.58 bits per heavy atom. The van der Waals surface area contributed by atoms with Crippen LogP contribution in [-0.2, 0) is 14.7 Å². The van der Waals surface area contributed by atoms with E-state index in [1.165, 1.54) is 6.92 Å². The topological polar surface area (TPSA) is 77.7 Å². The van der Waals surface area contributed by atoms with E-state index in [-0.39, 0.29) is 12.4 Å². The summed E-state index contributed by atoms with van der Waals surface area (Å²) in [6.07, 6.45) is 0. The third-order valence-electron chi connectivity index (χ3n) is 1.23. The molecule has 0 aromatic heterocycles. The molecule has 0 saturated carbocycles. The molecule has 1 atom stereocenters. The zero-order valence-electron chi connectivity index (χ0n) is 7.23. The first-order valence-corrected chi connectivity index (χ1v) is 5.41. The van der Waals surface area contributed by atoms with Gasteiger partial charge >= 0.3 is 0 Å². The maximum absolute atomic E-state index is 11.1. The van der Waals surface area contributed by atoms with Gasteiger partial charge in [-0.3, -0.25) is 4.84 Å². The first-order valence-electron chi connectivity index (χ1n) is 3.69. The molecule has 0 saturated heterocycles. The minimum absolute atomic E-state index is 0.284. The van der Waals surface area contributed by atoms with Crippen molar-refractivity contribution in [2.45, 2.75) is 19.3 Å². The smallest absolute Gasteiger partial charge is 0.181 e. The Hall–Kier alpha value is -0.170. The Morgan fingerprint density at radius 2 is 2.17 bits per heavy atom. The number of aliphatic hydroxyl groups excluding tert-OH is 1. The van der Waals surface area contributed by atoms with Crippen molar-refractivity contribution in [3.8, 4) is 0 Å². The van der Waals surface area contributed by atoms with Crippen molar-refractivity contribution in [2.24, 2.45) is 0 Å². The minimum atomic E-state index is -3.35. The highest BCUT2D eigenvalue weighted by Gasteiger charge is 2.20. The molecule has 1 N–H and O–H groups in total. The van der Waals surface area contributed by atoms with Gasteiger partial charge in [0.05, 0.1) is 12.4 Å². The van der Waals surface area contributed by atoms with Crippen molar-refractivity contribution >= 4 is 9.84 Å². The largest absolute Gasteiger partial charge is 0.395 e. The second kappa shape index (κ2) is 5.47. The first kappa shape index (κ1) is 11.8. The number of nitrogens with zero attached hydrogens (tertiary/aromatic N) is 1. The van der Waals surface area contributed by atoms with Gasteiger partial charge in [0.15, 0.2) is 15.3 Å². The predicted molar refractivity (Wildman–Crippen MR) is 44.1 cm³/mol. The molecule has 0 rings (SSSR count). The molecule has 0 aliphatic carbocycles. The summed E-state index contributed by atoms with van der Waals surface area (Å²) in [5.41, 5.74) is 2.49. The summed E-state index contributed by atoms with van der Waals surface area (Å²) in [4.78, 5) is 4.63. The van der Waals surface area contributed by atoms with E-state index in [0.717, 1.165) is 0 Å². The van der Waals surface area contributed by atoms with E-state index < -0.39 is 15.3 Å². The highest BCUT2D eigenvalue weighted by molar-refractivity contribution is 7.91. The van der Waals surface area contributed by atoms with Crippen LogP contribution in [0.25, 0.3) is 0 Å². The van der Waals surface area contributed by atoms with Crippen LogP contribution in [0.5, 0.6) is 0 Å². The van der Waals surface area contributed by atoms with Gasteiger partial charge in [-0.25, -0.2) is 8.42 Å². The van der Waals surface area contributed by atoms with E-state index in [4.69, 9.17) is 5.11 Å². The Balaban J connectivity index is 3.98. The summed E-state index contributed by atoms with van der Waals surface area (Å²) in [5.74, 6) is -0.284. The lowest BCUT2D eigenvalue weighted by molar-refractivity contribution is 0.0215. The molecule has 1 unspecified atom stereocenters. The van der Waals surface area contributed by atoms with Gasteiger partial charge in [-0.15, -0.1) is 0 Å². The van der Waals surface area contributed by atoms with Crippen LogP contribution in [0.3, 0.4) is 0 Å². The summed E-state index contributed by atoms with van der Waals surface area (Å²) < 4.78 is 22.2. The summed E-state index contributed by atoms with van der Waals surface area (Å²) in [5, 5.41) is 8.41. The van der Waals surface area contributed by atoms with Crippen LogP contribution in [0.4, 0.5) is 0 Å². The summed E-state index contributed by atoms with van der Waals surface area (Å²) in [7, 11) is -3.35. The van der Waals surface area contributed by atoms with Gasteiger partial charge in [-0.2, -0.15) is 0 Å². The van der Waals surface area contributed by atoms with Crippen LogP contribution >= 0.6 is 0 Å². The van der Waals surface area contributed by atoms with Crippen molar-refractivity contribution in [2.75, 3.05) is 18.9 Å². The molecule has 0 aromatic carbocycles. The molecule has 0 aromatic rings. The van der Waals surface area contributed by atoms with Crippen LogP contribution in [0.15, 0.2) is 0 Å². The Labute approximate surface area is 72.6 Å². The lowest BCUT2D eigenvalue weighted by Crippen LogP contribution is -2.28. The zero-order valence-corrected chi connectivity index (χ0v) is 8.04. The third-order valence-corrected chi connectivity index (χ3v) is 3.08. The SMILES string of the molecule is CC[N]OC(C)S(=O)(=O)CCO. The molecule has 1 radical (unpaired) electrons. The van der Waals surface area contributed by atoms with Crippen LogP contribution in [-0.4, -0.2) is 37.9 Å². The maximum Gasteiger partial charge on any atom is 0.181 e. The number of hydroxylamine groups is 1. The van der Waals surface area contributed by atoms with Crippen molar-refractivity contribution in [3.05, 3.63) is 0 Å². The molecule has 0 amide bonds. The Bertz CT molecular complexity index is 202. The maximum atomic E-state index is 11.1. The minimum Gasteiger partial charge on any atom is -0.395 e. The lowest BCUT2D eigenvalue weighted by atomic mass is 10.8. The van der Waals surface area contributed by atoms with E-state index in [0.29, 0.717) is 6.54 Å². The van der Waals surface area contributed by atoms with Gasteiger partial charge < -0.3 is 5.11 Å². The highest BCUT2D eigenvalue weighted by Crippen LogP contribution is 2.01. The monoisotopic (exact) mass is 196 g/mol. The Morgan fingerprint density at radius 3 is 2.58 bits per heavy atom. The molecule has 73 valence electrons. The summed E-state index contributed by atoms with van der Waals surface area (Å²) in [6.45, 7) is 3.16. The second-order valence-electron chi connectivity index (χ2n) is 2.21. The fourth-order valence-electron chi connectivity index (χ4n) is 0.538. The molecule has 0 aliphatic rings. The molecule has 0 heterocycles. The van der Waals surface area contributed by atoms with Gasteiger partial charge in [-0.05, 0) is 13.8 Å². The van der Waals surface area contributed by atoms with E-state index in [2.05, 4.69) is 10.3 Å². The van der Waals surface area contributed by atoms with Gasteiger partial charge in [0, 0.05) is 6.54 Å². The number of hydrogen-bond acceptors (Lipinski definition) is 4. The van der Waals surface area contributed by atoms with Crippen LogP contribution < -0.4 is 5.48 Å². The average molecular weight is 196 g/mol. The van der Waals surface area contributed by atoms with Gasteiger partial charge in [0.25, 0.3) is 0 Å². The number of sulfone groups is 1. The average Bonchev–Trinajstić information content (AvgIpc) is 2.00. The third kappa shape index (κ3) is 4.01. The number of rotatable bonds is 6. The van der Waals surface area contributed by atoms with E-state index in [9.17, 15) is 8.42 Å². The van der Waals surface area contributed by atoms with Crippen LogP contribution in [0.2, 0.25) is 0 Å². The molecule has 0 spiro atoms. The lowest BCUT2D eigenvalue weighted by Gasteiger charge is -2.10. The van der Waals surface area contributed by atoms with E-state index in [1.807, 2.05) is 0 Å².